The Labute approximate surface area is 116 Å². The molecule has 1 amide bonds. The van der Waals surface area contributed by atoms with Gasteiger partial charge in [0.2, 0.25) is 0 Å². The third kappa shape index (κ3) is 3.77. The van der Waals surface area contributed by atoms with Crippen molar-refractivity contribution < 1.29 is 23.1 Å². The maximum absolute atomic E-state index is 11.8. The van der Waals surface area contributed by atoms with Crippen LogP contribution in [-0.4, -0.2) is 47.9 Å². The summed E-state index contributed by atoms with van der Waals surface area (Å²) >= 11 is 0. The number of amides is 1. The van der Waals surface area contributed by atoms with Crippen molar-refractivity contribution >= 4 is 21.7 Å². The molecule has 0 aliphatic carbocycles. The molecular weight excluding hydrogens is 284 g/mol. The molecule has 0 aromatic carbocycles. The molecule has 0 radical (unpaired) electrons. The van der Waals surface area contributed by atoms with Crippen molar-refractivity contribution in [2.24, 2.45) is 0 Å². The van der Waals surface area contributed by atoms with Crippen LogP contribution in [0.25, 0.3) is 0 Å². The molecule has 7 nitrogen and oxygen atoms in total. The van der Waals surface area contributed by atoms with Gasteiger partial charge in [0.15, 0.2) is 9.84 Å². The van der Waals surface area contributed by atoms with E-state index in [2.05, 4.69) is 10.3 Å². The number of carbonyl (C=O) groups is 2. The molecule has 0 bridgehead atoms. The fraction of sp³-hybridized carbons (Fsp3) is 0.417. The van der Waals surface area contributed by atoms with Crippen LogP contribution >= 0.6 is 0 Å². The van der Waals surface area contributed by atoms with Crippen LogP contribution < -0.4 is 5.32 Å². The number of rotatable bonds is 5. The quantitative estimate of drug-likeness (QED) is 0.810. The second kappa shape index (κ2) is 5.58. The van der Waals surface area contributed by atoms with Crippen LogP contribution in [0.2, 0.25) is 0 Å². The van der Waals surface area contributed by atoms with E-state index in [0.717, 1.165) is 12.5 Å². The van der Waals surface area contributed by atoms with Gasteiger partial charge in [-0.1, -0.05) is 0 Å². The van der Waals surface area contributed by atoms with Gasteiger partial charge in [0, 0.05) is 19.0 Å². The predicted molar refractivity (Wildman–Crippen MR) is 72.5 cm³/mol. The van der Waals surface area contributed by atoms with E-state index in [1.165, 1.54) is 26.0 Å². The van der Waals surface area contributed by atoms with Crippen molar-refractivity contribution in [3.63, 3.8) is 0 Å². The van der Waals surface area contributed by atoms with Crippen LogP contribution in [0.5, 0.6) is 0 Å². The molecule has 1 heterocycles. The molecule has 0 fully saturated rings. The number of aromatic carboxylic acids is 1. The topological polar surface area (TPSA) is 113 Å². The van der Waals surface area contributed by atoms with Gasteiger partial charge in [0.05, 0.1) is 10.3 Å². The van der Waals surface area contributed by atoms with Gasteiger partial charge in [0.1, 0.15) is 5.69 Å². The van der Waals surface area contributed by atoms with Crippen molar-refractivity contribution in [1.29, 1.82) is 0 Å². The van der Waals surface area contributed by atoms with E-state index in [1.807, 2.05) is 0 Å². The fourth-order valence-electron chi connectivity index (χ4n) is 1.18. The van der Waals surface area contributed by atoms with Crippen LogP contribution in [0.1, 0.15) is 34.7 Å². The van der Waals surface area contributed by atoms with E-state index in [9.17, 15) is 18.0 Å². The van der Waals surface area contributed by atoms with E-state index < -0.39 is 26.5 Å². The fourth-order valence-corrected chi connectivity index (χ4v) is 1.52. The normalized spacial score (nSPS) is 11.9. The second-order valence-electron chi connectivity index (χ2n) is 4.95. The Hall–Kier alpha value is -1.96. The maximum atomic E-state index is 11.8. The van der Waals surface area contributed by atoms with E-state index in [1.54, 1.807) is 0 Å². The van der Waals surface area contributed by atoms with Crippen LogP contribution in [0.4, 0.5) is 0 Å². The summed E-state index contributed by atoms with van der Waals surface area (Å²) in [5, 5.41) is 11.2. The number of hydrogen-bond donors (Lipinski definition) is 2. The van der Waals surface area contributed by atoms with Crippen LogP contribution in [-0.2, 0) is 9.84 Å². The standard InChI is InChI=1S/C12H16N2O5S/c1-12(2,20(3,18)19)7-14-10(15)8-4-5-9(11(16)17)13-6-8/h4-6H,7H2,1-3H3,(H,14,15)(H,16,17). The molecule has 0 aliphatic rings. The van der Waals surface area contributed by atoms with E-state index in [0.29, 0.717) is 0 Å². The Kier molecular flexibility index (Phi) is 4.49. The highest BCUT2D eigenvalue weighted by Crippen LogP contribution is 2.13. The molecule has 0 saturated heterocycles. The first-order chi connectivity index (χ1) is 9.04. The van der Waals surface area contributed by atoms with Crippen LogP contribution in [0.15, 0.2) is 18.3 Å². The summed E-state index contributed by atoms with van der Waals surface area (Å²) in [5.74, 6) is -1.69. The highest BCUT2D eigenvalue weighted by Gasteiger charge is 2.30. The van der Waals surface area contributed by atoms with Crippen molar-refractivity contribution in [3.05, 3.63) is 29.6 Å². The molecule has 1 rings (SSSR count). The Morgan fingerprint density at radius 1 is 1.35 bits per heavy atom. The first kappa shape index (κ1) is 16.1. The lowest BCUT2D eigenvalue weighted by Crippen LogP contribution is -2.43. The van der Waals surface area contributed by atoms with Crippen LogP contribution in [0, 0.1) is 0 Å². The SMILES string of the molecule is CC(C)(CNC(=O)c1ccc(C(=O)O)nc1)S(C)(=O)=O. The summed E-state index contributed by atoms with van der Waals surface area (Å²) < 4.78 is 21.9. The molecule has 20 heavy (non-hydrogen) atoms. The van der Waals surface area contributed by atoms with Crippen molar-refractivity contribution in [3.8, 4) is 0 Å². The van der Waals surface area contributed by atoms with Crippen molar-refractivity contribution in [2.75, 3.05) is 12.8 Å². The highest BCUT2D eigenvalue weighted by atomic mass is 32.2. The molecular formula is C12H16N2O5S. The van der Waals surface area contributed by atoms with Crippen LogP contribution in [0.3, 0.4) is 0 Å². The number of hydrogen-bond acceptors (Lipinski definition) is 5. The predicted octanol–water partition coefficient (Wildman–Crippen LogP) is 0.333. The lowest BCUT2D eigenvalue weighted by Gasteiger charge is -2.22. The number of nitrogens with zero attached hydrogens (tertiary/aromatic N) is 1. The summed E-state index contributed by atoms with van der Waals surface area (Å²) in [6, 6.07) is 2.53. The number of carboxylic acid groups (broad SMARTS) is 1. The van der Waals surface area contributed by atoms with Gasteiger partial charge in [-0.3, -0.25) is 4.79 Å². The van der Waals surface area contributed by atoms with Gasteiger partial charge < -0.3 is 10.4 Å². The minimum Gasteiger partial charge on any atom is -0.477 e. The molecule has 2 N–H and O–H groups in total. The summed E-state index contributed by atoms with van der Waals surface area (Å²) in [7, 11) is -3.31. The number of pyridine rings is 1. The Balaban J connectivity index is 2.75. The average Bonchev–Trinajstić information content (AvgIpc) is 2.34. The van der Waals surface area contributed by atoms with Gasteiger partial charge in [-0.2, -0.15) is 0 Å². The summed E-state index contributed by atoms with van der Waals surface area (Å²) in [4.78, 5) is 26.0. The Morgan fingerprint density at radius 2 is 1.95 bits per heavy atom. The first-order valence-electron chi connectivity index (χ1n) is 5.72. The van der Waals surface area contributed by atoms with Gasteiger partial charge >= 0.3 is 5.97 Å². The van der Waals surface area contributed by atoms with E-state index in [-0.39, 0.29) is 17.8 Å². The van der Waals surface area contributed by atoms with Crippen molar-refractivity contribution in [2.45, 2.75) is 18.6 Å². The zero-order chi connectivity index (χ0) is 15.6. The number of nitrogens with one attached hydrogen (secondary N) is 1. The third-order valence-corrected chi connectivity index (χ3v) is 5.08. The average molecular weight is 300 g/mol. The Morgan fingerprint density at radius 3 is 2.35 bits per heavy atom. The van der Waals surface area contributed by atoms with Gasteiger partial charge in [0.25, 0.3) is 5.91 Å². The lowest BCUT2D eigenvalue weighted by molar-refractivity contribution is 0.0689. The Bertz CT molecular complexity index is 620. The number of sulfone groups is 1. The summed E-state index contributed by atoms with van der Waals surface area (Å²) in [6.45, 7) is 2.97. The number of aromatic nitrogens is 1. The third-order valence-electron chi connectivity index (χ3n) is 2.92. The van der Waals surface area contributed by atoms with Gasteiger partial charge in [-0.05, 0) is 26.0 Å². The monoisotopic (exact) mass is 300 g/mol. The molecule has 0 aliphatic heterocycles. The molecule has 0 spiro atoms. The van der Waals surface area contributed by atoms with Crippen molar-refractivity contribution in [1.82, 2.24) is 10.3 Å². The zero-order valence-electron chi connectivity index (χ0n) is 11.4. The molecule has 0 saturated carbocycles. The largest absolute Gasteiger partial charge is 0.477 e. The van der Waals surface area contributed by atoms with Gasteiger partial charge in [-0.25, -0.2) is 18.2 Å². The first-order valence-corrected chi connectivity index (χ1v) is 7.61. The zero-order valence-corrected chi connectivity index (χ0v) is 12.2. The summed E-state index contributed by atoms with van der Waals surface area (Å²) in [5.41, 5.74) is -0.00248. The molecule has 8 heteroatoms. The van der Waals surface area contributed by atoms with Gasteiger partial charge in [-0.15, -0.1) is 0 Å². The highest BCUT2D eigenvalue weighted by molar-refractivity contribution is 7.92. The summed E-state index contributed by atoms with van der Waals surface area (Å²) in [6.07, 6.45) is 2.23. The molecule has 110 valence electrons. The minimum atomic E-state index is -3.31. The van der Waals surface area contributed by atoms with E-state index >= 15 is 0 Å². The number of carboxylic acids is 1. The lowest BCUT2D eigenvalue weighted by atomic mass is 10.2. The minimum absolute atomic E-state index is 0.0502. The molecule has 1 aromatic heterocycles. The molecule has 0 unspecified atom stereocenters. The second-order valence-corrected chi connectivity index (χ2v) is 7.60. The molecule has 0 atom stereocenters. The maximum Gasteiger partial charge on any atom is 0.354 e. The molecule has 1 aromatic rings. The smallest absolute Gasteiger partial charge is 0.354 e. The van der Waals surface area contributed by atoms with E-state index in [4.69, 9.17) is 5.11 Å². The number of carbonyl (C=O) groups excluding carboxylic acids is 1.